The van der Waals surface area contributed by atoms with Crippen molar-refractivity contribution in [2.75, 3.05) is 17.8 Å². The van der Waals surface area contributed by atoms with Gasteiger partial charge in [-0.1, -0.05) is 42.9 Å². The molecule has 0 radical (unpaired) electrons. The van der Waals surface area contributed by atoms with Crippen molar-refractivity contribution >= 4 is 17.1 Å². The molecule has 0 saturated heterocycles. The highest BCUT2D eigenvalue weighted by atomic mass is 16.5. The number of rotatable bonds is 6. The summed E-state index contributed by atoms with van der Waals surface area (Å²) in [5.74, 6) is 0.648. The number of benzene rings is 2. The third-order valence-corrected chi connectivity index (χ3v) is 3.31. The van der Waals surface area contributed by atoms with E-state index in [1.54, 1.807) is 0 Å². The van der Waals surface area contributed by atoms with Crippen molar-refractivity contribution in [1.29, 1.82) is 0 Å². The Kier molecular flexibility index (Phi) is 4.93. The summed E-state index contributed by atoms with van der Waals surface area (Å²) < 4.78 is 5.92. The SMILES string of the molecule is CCC(C)Oc1c(N)cccc1[N-]N(C)c1ccccc1. The summed E-state index contributed by atoms with van der Waals surface area (Å²) in [5.41, 5.74) is 13.0. The van der Waals surface area contributed by atoms with Crippen molar-refractivity contribution in [2.24, 2.45) is 0 Å². The standard InChI is InChI=1S/C17H22N3O/c1-4-13(2)21-17-15(18)11-8-12-16(17)19-20(3)14-9-6-5-7-10-14/h5-13H,4,18H2,1-3H3/q-1. The van der Waals surface area contributed by atoms with E-state index in [0.717, 1.165) is 17.8 Å². The van der Waals surface area contributed by atoms with Gasteiger partial charge >= 0.3 is 0 Å². The smallest absolute Gasteiger partial charge is 0.128 e. The highest BCUT2D eigenvalue weighted by Crippen LogP contribution is 2.38. The monoisotopic (exact) mass is 284 g/mol. The fourth-order valence-corrected chi connectivity index (χ4v) is 1.90. The molecule has 1 unspecified atom stereocenters. The zero-order valence-electron chi connectivity index (χ0n) is 12.8. The molecule has 0 aliphatic heterocycles. The minimum Gasteiger partial charge on any atom is -0.592 e. The Morgan fingerprint density at radius 1 is 1.14 bits per heavy atom. The number of nitrogen functional groups attached to an aromatic ring is 1. The molecule has 112 valence electrons. The van der Waals surface area contributed by atoms with Crippen LogP contribution >= 0.6 is 0 Å². The summed E-state index contributed by atoms with van der Waals surface area (Å²) >= 11 is 0. The van der Waals surface area contributed by atoms with Gasteiger partial charge in [-0.05, 0) is 38.6 Å². The number of hydrogen-bond acceptors (Lipinski definition) is 3. The molecule has 2 aromatic rings. The average molecular weight is 284 g/mol. The van der Waals surface area contributed by atoms with Crippen LogP contribution < -0.4 is 15.5 Å². The van der Waals surface area contributed by atoms with Gasteiger partial charge in [0, 0.05) is 5.69 Å². The minimum atomic E-state index is 0.102. The molecule has 0 fully saturated rings. The van der Waals surface area contributed by atoms with E-state index in [1.807, 2.05) is 67.5 Å². The van der Waals surface area contributed by atoms with E-state index in [1.165, 1.54) is 0 Å². The lowest BCUT2D eigenvalue weighted by atomic mass is 10.2. The van der Waals surface area contributed by atoms with Gasteiger partial charge in [0.1, 0.15) is 5.75 Å². The maximum atomic E-state index is 6.04. The van der Waals surface area contributed by atoms with Gasteiger partial charge in [0.05, 0.1) is 11.8 Å². The first-order valence-corrected chi connectivity index (χ1v) is 7.17. The molecule has 2 rings (SSSR count). The molecule has 4 nitrogen and oxygen atoms in total. The van der Waals surface area contributed by atoms with Gasteiger partial charge in [-0.2, -0.15) is 0 Å². The molecule has 0 amide bonds. The molecule has 21 heavy (non-hydrogen) atoms. The molecule has 2 N–H and O–H groups in total. The first kappa shape index (κ1) is 15.0. The third kappa shape index (κ3) is 3.81. The van der Waals surface area contributed by atoms with Gasteiger partial charge in [0.15, 0.2) is 0 Å². The summed E-state index contributed by atoms with van der Waals surface area (Å²) in [6, 6.07) is 15.6. The molecule has 0 saturated carbocycles. The lowest BCUT2D eigenvalue weighted by Gasteiger charge is -2.38. The van der Waals surface area contributed by atoms with Crippen molar-refractivity contribution in [1.82, 2.24) is 0 Å². The zero-order chi connectivity index (χ0) is 15.2. The van der Waals surface area contributed by atoms with Crippen LogP contribution in [0.1, 0.15) is 20.3 Å². The van der Waals surface area contributed by atoms with Gasteiger partial charge in [-0.25, -0.2) is 0 Å². The van der Waals surface area contributed by atoms with Crippen LogP contribution in [-0.4, -0.2) is 13.2 Å². The van der Waals surface area contributed by atoms with Crippen molar-refractivity contribution in [3.63, 3.8) is 0 Å². The van der Waals surface area contributed by atoms with Crippen molar-refractivity contribution in [2.45, 2.75) is 26.4 Å². The molecule has 0 heterocycles. The van der Waals surface area contributed by atoms with E-state index in [9.17, 15) is 0 Å². The summed E-state index contributed by atoms with van der Waals surface area (Å²) in [4.78, 5) is 0. The molecule has 0 aliphatic rings. The van der Waals surface area contributed by atoms with Crippen LogP contribution in [0.15, 0.2) is 48.5 Å². The van der Waals surface area contributed by atoms with E-state index in [4.69, 9.17) is 10.5 Å². The van der Waals surface area contributed by atoms with Crippen molar-refractivity contribution < 1.29 is 4.74 Å². The highest BCUT2D eigenvalue weighted by molar-refractivity contribution is 5.74. The van der Waals surface area contributed by atoms with E-state index in [2.05, 4.69) is 12.3 Å². The van der Waals surface area contributed by atoms with Gasteiger partial charge in [0.25, 0.3) is 0 Å². The zero-order valence-corrected chi connectivity index (χ0v) is 12.8. The lowest BCUT2D eigenvalue weighted by Crippen LogP contribution is -2.13. The number of para-hydroxylation sites is 2. The van der Waals surface area contributed by atoms with Gasteiger partial charge in [-0.15, -0.1) is 0 Å². The lowest BCUT2D eigenvalue weighted by molar-refractivity contribution is 0.220. The average Bonchev–Trinajstić information content (AvgIpc) is 2.51. The van der Waals surface area contributed by atoms with Gasteiger partial charge < -0.3 is 20.9 Å². The first-order valence-electron chi connectivity index (χ1n) is 7.17. The minimum absolute atomic E-state index is 0.102. The second-order valence-electron chi connectivity index (χ2n) is 4.99. The topological polar surface area (TPSA) is 52.6 Å². The fourth-order valence-electron chi connectivity index (χ4n) is 1.90. The molecule has 2 aromatic carbocycles. The Labute approximate surface area is 126 Å². The third-order valence-electron chi connectivity index (χ3n) is 3.31. The number of nitrogens with zero attached hydrogens (tertiary/aromatic N) is 2. The maximum absolute atomic E-state index is 6.04. The van der Waals surface area contributed by atoms with Crippen molar-refractivity contribution in [3.05, 3.63) is 54.0 Å². The summed E-state index contributed by atoms with van der Waals surface area (Å²) in [6.45, 7) is 4.10. The largest absolute Gasteiger partial charge is 0.592 e. The van der Waals surface area contributed by atoms with E-state index >= 15 is 0 Å². The highest BCUT2D eigenvalue weighted by Gasteiger charge is 2.06. The number of ether oxygens (including phenoxy) is 1. The number of anilines is 2. The predicted molar refractivity (Wildman–Crippen MR) is 89.1 cm³/mol. The Bertz CT molecular complexity index is 572. The first-order chi connectivity index (χ1) is 10.1. The second kappa shape index (κ2) is 6.88. The van der Waals surface area contributed by atoms with Crippen LogP contribution in [0.5, 0.6) is 5.75 Å². The fraction of sp³-hybridized carbons (Fsp3) is 0.294. The summed E-state index contributed by atoms with van der Waals surface area (Å²) in [6.07, 6.45) is 1.02. The van der Waals surface area contributed by atoms with Gasteiger partial charge in [-0.3, -0.25) is 0 Å². The molecule has 0 bridgehead atoms. The van der Waals surface area contributed by atoms with Crippen LogP contribution in [0.25, 0.3) is 5.43 Å². The van der Waals surface area contributed by atoms with Crippen LogP contribution in [0.2, 0.25) is 0 Å². The molecule has 4 heteroatoms. The van der Waals surface area contributed by atoms with E-state index in [-0.39, 0.29) is 6.10 Å². The van der Waals surface area contributed by atoms with Crippen LogP contribution in [-0.2, 0) is 0 Å². The number of nitrogens with two attached hydrogens (primary N) is 1. The van der Waals surface area contributed by atoms with Crippen molar-refractivity contribution in [3.8, 4) is 5.75 Å². The Morgan fingerprint density at radius 2 is 1.86 bits per heavy atom. The normalized spacial score (nSPS) is 11.8. The summed E-state index contributed by atoms with van der Waals surface area (Å²) in [7, 11) is 1.91. The molecule has 0 aromatic heterocycles. The van der Waals surface area contributed by atoms with Crippen LogP contribution in [0.3, 0.4) is 0 Å². The van der Waals surface area contributed by atoms with Gasteiger partial charge in [0.2, 0.25) is 0 Å². The molecule has 0 spiro atoms. The molecule has 0 aliphatic carbocycles. The summed E-state index contributed by atoms with van der Waals surface area (Å²) in [5, 5.41) is 1.82. The quantitative estimate of drug-likeness (QED) is 0.627. The Balaban J connectivity index is 2.21. The maximum Gasteiger partial charge on any atom is 0.128 e. The van der Waals surface area contributed by atoms with E-state index < -0.39 is 0 Å². The van der Waals surface area contributed by atoms with E-state index in [0.29, 0.717) is 11.4 Å². The molecular weight excluding hydrogens is 262 g/mol. The molecular formula is C17H22N3O-. The number of hydrogen-bond donors (Lipinski definition) is 1. The Morgan fingerprint density at radius 3 is 2.52 bits per heavy atom. The Hall–Kier alpha value is -2.36. The molecule has 1 atom stereocenters. The predicted octanol–water partition coefficient (Wildman–Crippen LogP) is 4.50. The van der Waals surface area contributed by atoms with Crippen LogP contribution in [0, 0.1) is 0 Å². The second-order valence-corrected chi connectivity index (χ2v) is 4.99. The van der Waals surface area contributed by atoms with Crippen LogP contribution in [0.4, 0.5) is 17.1 Å².